The maximum atomic E-state index is 13.9. The molecule has 1 saturated heterocycles. The average Bonchev–Trinajstić information content (AvgIpc) is 3.19. The Bertz CT molecular complexity index is 885. The number of benzene rings is 2. The number of halogens is 1. The maximum absolute atomic E-state index is 13.9. The zero-order valence-corrected chi connectivity index (χ0v) is 13.5. The molecule has 5 nitrogen and oxygen atoms in total. The highest BCUT2D eigenvalue weighted by Gasteiger charge is 2.55. The fourth-order valence-electron chi connectivity index (χ4n) is 4.26. The van der Waals surface area contributed by atoms with Crippen LogP contribution in [0.3, 0.4) is 0 Å². The Hall–Kier alpha value is -2.60. The van der Waals surface area contributed by atoms with Gasteiger partial charge in [0, 0.05) is 5.69 Å². The van der Waals surface area contributed by atoms with Crippen LogP contribution < -0.4 is 20.1 Å². The molecule has 0 unspecified atom stereocenters. The first kappa shape index (κ1) is 14.7. The Morgan fingerprint density at radius 2 is 1.92 bits per heavy atom. The summed E-state index contributed by atoms with van der Waals surface area (Å²) in [6, 6.07) is 9.98. The molecule has 5 rings (SSSR count). The van der Waals surface area contributed by atoms with Crippen molar-refractivity contribution in [1.29, 1.82) is 0 Å². The van der Waals surface area contributed by atoms with Crippen molar-refractivity contribution < 1.29 is 18.7 Å². The fraction of sp³-hybridized carbons (Fsp3) is 0.316. The number of fused-ring (bicyclic) bond motifs is 3. The van der Waals surface area contributed by atoms with Gasteiger partial charge in [-0.05, 0) is 54.4 Å². The molecule has 3 aliphatic heterocycles. The van der Waals surface area contributed by atoms with E-state index in [-0.39, 0.29) is 17.8 Å². The van der Waals surface area contributed by atoms with Gasteiger partial charge >= 0.3 is 0 Å². The van der Waals surface area contributed by atoms with Crippen LogP contribution in [0.1, 0.15) is 23.6 Å². The van der Waals surface area contributed by atoms with E-state index in [4.69, 9.17) is 9.47 Å². The van der Waals surface area contributed by atoms with Gasteiger partial charge in [0.15, 0.2) is 11.5 Å². The standard InChI is InChI=1S/C19H17FN2O3/c20-12-2-3-14-13(10-12)19(18(23)22-14)5-6-21-17(19)11-1-4-15-16(9-11)25-8-7-24-15/h1-4,9-10,17,21H,5-8H2,(H,22,23)/t17-,19-/m0/s1. The van der Waals surface area contributed by atoms with Crippen LogP contribution in [0.4, 0.5) is 10.1 Å². The zero-order chi connectivity index (χ0) is 17.0. The predicted octanol–water partition coefficient (Wildman–Crippen LogP) is 2.52. The molecule has 2 aromatic rings. The van der Waals surface area contributed by atoms with Crippen LogP contribution in [0, 0.1) is 5.82 Å². The van der Waals surface area contributed by atoms with Crippen molar-refractivity contribution in [1.82, 2.24) is 5.32 Å². The summed E-state index contributed by atoms with van der Waals surface area (Å²) in [7, 11) is 0. The van der Waals surface area contributed by atoms with Gasteiger partial charge in [-0.25, -0.2) is 4.39 Å². The van der Waals surface area contributed by atoms with Crippen molar-refractivity contribution in [2.75, 3.05) is 25.1 Å². The molecule has 3 aliphatic rings. The van der Waals surface area contributed by atoms with Gasteiger partial charge in [0.1, 0.15) is 19.0 Å². The van der Waals surface area contributed by atoms with Crippen LogP contribution in [0.25, 0.3) is 0 Å². The Morgan fingerprint density at radius 1 is 1.08 bits per heavy atom. The van der Waals surface area contributed by atoms with Crippen molar-refractivity contribution in [2.24, 2.45) is 0 Å². The number of carbonyl (C=O) groups excluding carboxylic acids is 1. The van der Waals surface area contributed by atoms with Crippen molar-refractivity contribution in [2.45, 2.75) is 17.9 Å². The van der Waals surface area contributed by atoms with Gasteiger partial charge in [-0.3, -0.25) is 4.79 Å². The van der Waals surface area contributed by atoms with E-state index >= 15 is 0 Å². The molecule has 1 fully saturated rings. The van der Waals surface area contributed by atoms with Crippen molar-refractivity contribution in [3.05, 3.63) is 53.3 Å². The summed E-state index contributed by atoms with van der Waals surface area (Å²) >= 11 is 0. The summed E-state index contributed by atoms with van der Waals surface area (Å²) in [5.74, 6) is 0.982. The number of rotatable bonds is 1. The second kappa shape index (κ2) is 5.20. The Labute approximate surface area is 144 Å². The summed E-state index contributed by atoms with van der Waals surface area (Å²) in [5, 5.41) is 6.34. The van der Waals surface area contributed by atoms with Gasteiger partial charge < -0.3 is 20.1 Å². The highest BCUT2D eigenvalue weighted by Crippen LogP contribution is 2.51. The highest BCUT2D eigenvalue weighted by atomic mass is 19.1. The van der Waals surface area contributed by atoms with Gasteiger partial charge in [0.2, 0.25) is 5.91 Å². The minimum Gasteiger partial charge on any atom is -0.486 e. The van der Waals surface area contributed by atoms with Crippen molar-refractivity contribution >= 4 is 11.6 Å². The first-order valence-electron chi connectivity index (χ1n) is 8.43. The summed E-state index contributed by atoms with van der Waals surface area (Å²) in [6.07, 6.45) is 0.619. The molecule has 0 bridgehead atoms. The molecule has 2 aromatic carbocycles. The van der Waals surface area contributed by atoms with E-state index in [0.717, 1.165) is 11.1 Å². The van der Waals surface area contributed by atoms with Gasteiger partial charge in [-0.2, -0.15) is 0 Å². The molecular weight excluding hydrogens is 323 g/mol. The van der Waals surface area contributed by atoms with Crippen molar-refractivity contribution in [3.63, 3.8) is 0 Å². The molecular formula is C19H17FN2O3. The van der Waals surface area contributed by atoms with Gasteiger partial charge in [0.05, 0.1) is 11.5 Å². The number of anilines is 1. The van der Waals surface area contributed by atoms with E-state index in [1.54, 1.807) is 6.07 Å². The smallest absolute Gasteiger partial charge is 0.237 e. The number of hydrogen-bond acceptors (Lipinski definition) is 4. The Balaban J connectivity index is 1.63. The topological polar surface area (TPSA) is 59.6 Å². The number of hydrogen-bond donors (Lipinski definition) is 2. The first-order valence-corrected chi connectivity index (χ1v) is 8.43. The summed E-state index contributed by atoms with van der Waals surface area (Å²) in [6.45, 7) is 1.73. The van der Waals surface area contributed by atoms with Gasteiger partial charge in [0.25, 0.3) is 0 Å². The molecule has 0 aromatic heterocycles. The molecule has 1 amide bonds. The molecule has 0 saturated carbocycles. The van der Waals surface area contributed by atoms with E-state index in [9.17, 15) is 9.18 Å². The van der Waals surface area contributed by atoms with Crippen LogP contribution in [-0.4, -0.2) is 25.7 Å². The largest absolute Gasteiger partial charge is 0.486 e. The molecule has 2 atom stereocenters. The van der Waals surface area contributed by atoms with Crippen molar-refractivity contribution in [3.8, 4) is 11.5 Å². The third-order valence-corrected chi connectivity index (χ3v) is 5.38. The molecule has 0 radical (unpaired) electrons. The van der Waals surface area contributed by atoms with Gasteiger partial charge in [-0.15, -0.1) is 0 Å². The first-order chi connectivity index (χ1) is 12.2. The van der Waals surface area contributed by atoms with E-state index in [0.29, 0.717) is 43.4 Å². The Kier molecular flexibility index (Phi) is 3.06. The number of ether oxygens (including phenoxy) is 2. The third-order valence-electron chi connectivity index (χ3n) is 5.38. The van der Waals surface area contributed by atoms with E-state index in [1.807, 2.05) is 18.2 Å². The lowest BCUT2D eigenvalue weighted by atomic mass is 9.73. The predicted molar refractivity (Wildman–Crippen MR) is 89.5 cm³/mol. The third kappa shape index (κ3) is 2.00. The minimum atomic E-state index is -0.804. The van der Waals surface area contributed by atoms with Crippen LogP contribution in [0.2, 0.25) is 0 Å². The fourth-order valence-corrected chi connectivity index (χ4v) is 4.26. The Morgan fingerprint density at radius 3 is 2.80 bits per heavy atom. The summed E-state index contributed by atoms with van der Waals surface area (Å²) < 4.78 is 25.1. The maximum Gasteiger partial charge on any atom is 0.237 e. The quantitative estimate of drug-likeness (QED) is 0.838. The second-order valence-corrected chi connectivity index (χ2v) is 6.66. The lowest BCUT2D eigenvalue weighted by Gasteiger charge is -2.30. The van der Waals surface area contributed by atoms with Crippen LogP contribution >= 0.6 is 0 Å². The normalized spacial score (nSPS) is 26.6. The molecule has 25 heavy (non-hydrogen) atoms. The van der Waals surface area contributed by atoms with Gasteiger partial charge in [-0.1, -0.05) is 6.07 Å². The van der Waals surface area contributed by atoms with E-state index in [1.165, 1.54) is 12.1 Å². The van der Waals surface area contributed by atoms with Crippen LogP contribution in [0.5, 0.6) is 11.5 Å². The average molecular weight is 340 g/mol. The second-order valence-electron chi connectivity index (χ2n) is 6.66. The number of amides is 1. The number of carbonyl (C=O) groups is 1. The molecule has 0 aliphatic carbocycles. The zero-order valence-electron chi connectivity index (χ0n) is 13.5. The highest BCUT2D eigenvalue weighted by molar-refractivity contribution is 6.07. The molecule has 1 spiro atoms. The number of nitrogens with one attached hydrogen (secondary N) is 2. The van der Waals surface area contributed by atoms with E-state index < -0.39 is 5.41 Å². The molecule has 128 valence electrons. The van der Waals surface area contributed by atoms with Crippen LogP contribution in [0.15, 0.2) is 36.4 Å². The molecule has 6 heteroatoms. The monoisotopic (exact) mass is 340 g/mol. The summed E-state index contributed by atoms with van der Waals surface area (Å²) in [4.78, 5) is 12.9. The summed E-state index contributed by atoms with van der Waals surface area (Å²) in [5.41, 5.74) is 1.55. The minimum absolute atomic E-state index is 0.0852. The molecule has 2 N–H and O–H groups in total. The van der Waals surface area contributed by atoms with Crippen LogP contribution in [-0.2, 0) is 10.2 Å². The SMILES string of the molecule is O=C1Nc2ccc(F)cc2[C@]12CCN[C@H]2c1ccc2c(c1)OCCO2. The lowest BCUT2D eigenvalue weighted by molar-refractivity contribution is -0.121. The van der Waals surface area contributed by atoms with E-state index in [2.05, 4.69) is 10.6 Å². The molecule has 3 heterocycles. The lowest BCUT2D eigenvalue weighted by Crippen LogP contribution is -2.39.